The number of hydrogen-bond acceptors (Lipinski definition) is 27. The molecule has 9 unspecified atom stereocenters. The Morgan fingerprint density at radius 3 is 1.86 bits per heavy atom. The van der Waals surface area contributed by atoms with Gasteiger partial charge in [-0.3, -0.25) is 46.6 Å². The Morgan fingerprint density at radius 1 is 0.875 bits per heavy atom. The van der Waals surface area contributed by atoms with E-state index in [0.717, 1.165) is 9.47 Å². The van der Waals surface area contributed by atoms with Gasteiger partial charge in [-0.25, -0.2) is 26.8 Å². The third kappa shape index (κ3) is 18.9. The van der Waals surface area contributed by atoms with Crippen molar-refractivity contribution in [3.05, 3.63) is 68.0 Å². The van der Waals surface area contributed by atoms with Crippen LogP contribution >= 0.6 is 46.9 Å². The molecule has 2 saturated heterocycles. The quantitative estimate of drug-likeness (QED) is 0.0244. The fourth-order valence-corrected chi connectivity index (χ4v) is 11.0. The number of hydrogen-bond donors (Lipinski definition) is 5. The summed E-state index contributed by atoms with van der Waals surface area (Å²) in [4.78, 5) is 125. The van der Waals surface area contributed by atoms with Crippen LogP contribution in [-0.2, 0) is 72.6 Å². The zero-order valence-corrected chi connectivity index (χ0v) is 37.3. The van der Waals surface area contributed by atoms with Crippen LogP contribution in [0.15, 0.2) is 45.8 Å². The highest BCUT2D eigenvalue weighted by Crippen LogP contribution is 2.62. The largest absolute Gasteiger partial charge is 0.756 e. The fourth-order valence-electron chi connectivity index (χ4n) is 5.19. The van der Waals surface area contributed by atoms with Gasteiger partial charge in [-0.15, -0.1) is 6.58 Å². The van der Waals surface area contributed by atoms with E-state index in [9.17, 15) is 71.1 Å². The Balaban J connectivity index is 0.000000341. The number of phosphoric ester groups is 2. The predicted octanol–water partition coefficient (Wildman–Crippen LogP) is -3.82. The van der Waals surface area contributed by atoms with Crippen LogP contribution in [-0.4, -0.2) is 93.6 Å². The van der Waals surface area contributed by atoms with E-state index in [1.165, 1.54) is 31.5 Å². The van der Waals surface area contributed by atoms with Crippen LogP contribution in [0.25, 0.3) is 10.4 Å². The lowest BCUT2D eigenvalue weighted by Crippen LogP contribution is -2.52. The minimum atomic E-state index is -6.09. The van der Waals surface area contributed by atoms with Crippen molar-refractivity contribution >= 4 is 53.0 Å². The normalized spacial score (nSPS) is 28.9. The first-order valence-electron chi connectivity index (χ1n) is 16.8. The van der Waals surface area contributed by atoms with Gasteiger partial charge in [0.15, 0.2) is 0 Å². The number of carbonyl (C=O) groups excluding carboxylic acids is 1. The molecule has 0 spiro atoms. The molecule has 4 heterocycles. The van der Waals surface area contributed by atoms with Crippen molar-refractivity contribution < 1.29 is 117 Å². The second kappa shape index (κ2) is 22.9. The summed E-state index contributed by atoms with van der Waals surface area (Å²) >= 11 is 0. The molecule has 0 radical (unpaired) electrons. The minimum Gasteiger partial charge on any atom is -0.756 e. The summed E-state index contributed by atoms with van der Waals surface area (Å²) in [5.41, 5.74) is 12.5. The van der Waals surface area contributed by atoms with Gasteiger partial charge in [-0.2, -0.15) is 0 Å². The number of ether oxygens (including phenoxy) is 4. The average molecular weight is 1040 g/mol. The van der Waals surface area contributed by atoms with Gasteiger partial charge in [0.25, 0.3) is 52.5 Å². The summed E-state index contributed by atoms with van der Waals surface area (Å²) in [6.45, 7) is 2.59. The lowest BCUT2D eigenvalue weighted by molar-refractivity contribution is -0.254. The first kappa shape index (κ1) is 55.7. The molecule has 64 heavy (non-hydrogen) atoms. The molecule has 0 saturated carbocycles. The van der Waals surface area contributed by atoms with Crippen LogP contribution in [0.1, 0.15) is 24.6 Å². The maximum Gasteiger partial charge on any atom is 0.330 e. The van der Waals surface area contributed by atoms with Gasteiger partial charge in [-0.05, 0) is 18.5 Å². The molecule has 1 aromatic heterocycles. The predicted molar refractivity (Wildman–Crippen MR) is 190 cm³/mol. The summed E-state index contributed by atoms with van der Waals surface area (Å²) in [6, 6.07) is -0.586. The Bertz CT molecular complexity index is 2330. The standard InChI is InChI=1S/C12H22N3O13P3.C11H18N5O14P3/c1-2-5-24-8-6-11(15-4-3-10(13)14-12(15)16)26-9(8)7-25-30(20,21)28-31(22,23)27-29(17,18)19;1-6-3-16(11(18)14-10(6)17)9-2-7(26-5-13-15-12)8(28-9)4-27-32(22,23)30-33(24,25)29-31(19,20)21/h2-4,8-11H,1,5-7,13H2,(H,14,16)(H,20,21)(H,22,23)(H2,17,18,19);3,7-9H,2,4-5H2,1H3,(H,22,23)(H,24,25)(H,14,17,18)(H2,19,20,21)/p-6/t8?,9-,10?,11-;7?,8-,9-/m11/s1. The summed E-state index contributed by atoms with van der Waals surface area (Å²) in [7, 11) is -35.3. The SMILES string of the molecule is C=CCOC1C[C@H](N2C=CC(N)NC2=O)O[C@@H]1COP(=O)([O-])OP(=O)([O-])OP(=O)([O-])O.Cc1cn([C@H]2CC(OCN=[N+]=[N-])[C@@H](COP(=O)([O-])OP(=O)([O-])OP(=O)([O-])O)O2)c(=O)[nH]c1=O. The van der Waals surface area contributed by atoms with Gasteiger partial charge in [0.05, 0.1) is 38.2 Å². The van der Waals surface area contributed by atoms with Crippen LogP contribution in [0.2, 0.25) is 0 Å². The molecule has 3 aliphatic heterocycles. The molecule has 364 valence electrons. The van der Waals surface area contributed by atoms with Gasteiger partial charge in [0.1, 0.15) is 31.4 Å². The molecular weight excluding hydrogens is 1010 g/mol. The Kier molecular flexibility index (Phi) is 19.9. The number of nitrogens with zero attached hydrogens (tertiary/aromatic N) is 5. The Labute approximate surface area is 357 Å². The smallest absolute Gasteiger partial charge is 0.330 e. The van der Waals surface area contributed by atoms with Crippen molar-refractivity contribution in [3.63, 3.8) is 0 Å². The zero-order valence-electron chi connectivity index (χ0n) is 31.9. The number of urea groups is 1. The summed E-state index contributed by atoms with van der Waals surface area (Å²) in [6.07, 6.45) is -1.68. The highest BCUT2D eigenvalue weighted by Gasteiger charge is 2.42. The number of rotatable bonds is 22. The zero-order chi connectivity index (χ0) is 48.5. The van der Waals surface area contributed by atoms with E-state index in [4.69, 9.17) is 40.0 Å². The number of phosphoric acid groups is 6. The Hall–Kier alpha value is -2.64. The van der Waals surface area contributed by atoms with Gasteiger partial charge in [0.2, 0.25) is 0 Å². The number of carbonyl (C=O) groups is 1. The number of H-pyrrole nitrogens is 1. The van der Waals surface area contributed by atoms with Crippen LogP contribution in [0.4, 0.5) is 4.79 Å². The number of aromatic nitrogens is 2. The van der Waals surface area contributed by atoms with Gasteiger partial charge in [-0.1, -0.05) is 11.2 Å². The molecule has 4 rings (SSSR count). The maximum atomic E-state index is 12.1. The molecule has 35 nitrogen and oxygen atoms in total. The Morgan fingerprint density at radius 2 is 1.38 bits per heavy atom. The topological polar surface area (TPSA) is 536 Å². The molecule has 3 aliphatic rings. The van der Waals surface area contributed by atoms with Crippen molar-refractivity contribution in [2.45, 2.75) is 62.8 Å². The number of aryl methyl sites for hydroxylation is 1. The molecule has 6 N–H and O–H groups in total. The van der Waals surface area contributed by atoms with Crippen molar-refractivity contribution in [1.82, 2.24) is 19.8 Å². The molecule has 13 atom stereocenters. The second-order valence-corrected chi connectivity index (χ2v) is 20.9. The minimum absolute atomic E-state index is 0.0363. The number of azide groups is 1. The number of nitrogens with two attached hydrogens (primary N) is 1. The summed E-state index contributed by atoms with van der Waals surface area (Å²) in [5, 5.41) is 5.56. The summed E-state index contributed by atoms with van der Waals surface area (Å²) in [5.74, 6) is 0. The third-order valence-electron chi connectivity index (χ3n) is 7.54. The highest BCUT2D eigenvalue weighted by atomic mass is 31.3. The van der Waals surface area contributed by atoms with E-state index in [2.05, 4.69) is 48.2 Å². The monoisotopic (exact) mass is 1040 g/mol. The molecule has 1 aromatic rings. The lowest BCUT2D eigenvalue weighted by atomic mass is 10.2. The first-order chi connectivity index (χ1) is 29.3. The van der Waals surface area contributed by atoms with E-state index in [1.807, 2.05) is 4.98 Å². The third-order valence-corrected chi connectivity index (χ3v) is 14.9. The van der Waals surface area contributed by atoms with E-state index in [0.29, 0.717) is 0 Å². The first-order valence-corrected chi connectivity index (χ1v) is 25.6. The molecule has 0 aromatic carbocycles. The van der Waals surface area contributed by atoms with E-state index < -0.39 is 127 Å². The number of nitrogens with one attached hydrogen (secondary N) is 2. The molecule has 2 amide bonds. The van der Waals surface area contributed by atoms with Crippen LogP contribution in [0, 0.1) is 6.92 Å². The van der Waals surface area contributed by atoms with Crippen molar-refractivity contribution in [1.29, 1.82) is 0 Å². The number of aromatic amines is 1. The van der Waals surface area contributed by atoms with Crippen molar-refractivity contribution in [3.8, 4) is 0 Å². The van der Waals surface area contributed by atoms with Gasteiger partial charge >= 0.3 is 11.7 Å². The van der Waals surface area contributed by atoms with E-state index >= 15 is 0 Å². The number of amides is 2. The molecular formula is C23H34N8O27P6-6. The van der Waals surface area contributed by atoms with Gasteiger partial charge in [0, 0.05) is 35.7 Å². The van der Waals surface area contributed by atoms with Crippen LogP contribution < -0.4 is 51.7 Å². The van der Waals surface area contributed by atoms with Crippen LogP contribution in [0.5, 0.6) is 0 Å². The van der Waals surface area contributed by atoms with Crippen molar-refractivity contribution in [2.75, 3.05) is 26.6 Å². The molecule has 2 fully saturated rings. The average Bonchev–Trinajstić information content (AvgIpc) is 3.71. The van der Waals surface area contributed by atoms with E-state index in [-0.39, 0.29) is 25.0 Å². The van der Waals surface area contributed by atoms with Crippen molar-refractivity contribution in [2.24, 2.45) is 10.8 Å². The fraction of sp³-hybridized carbons (Fsp3) is 0.609. The highest BCUT2D eigenvalue weighted by molar-refractivity contribution is 7.65. The molecule has 0 bridgehead atoms. The second-order valence-electron chi connectivity index (χ2n) is 12.3. The van der Waals surface area contributed by atoms with Gasteiger partial charge < -0.3 is 78.2 Å². The van der Waals surface area contributed by atoms with Crippen LogP contribution in [0.3, 0.4) is 0 Å². The van der Waals surface area contributed by atoms with E-state index in [1.54, 1.807) is 0 Å². The molecule has 41 heteroatoms. The molecule has 0 aliphatic carbocycles. The maximum absolute atomic E-state index is 12.1. The summed E-state index contributed by atoms with van der Waals surface area (Å²) < 4.78 is 112. The lowest BCUT2D eigenvalue weighted by Gasteiger charge is -2.33.